The van der Waals surface area contributed by atoms with E-state index in [0.29, 0.717) is 19.4 Å². The molecule has 0 aromatic heterocycles. The maximum atomic E-state index is 11.3. The summed E-state index contributed by atoms with van der Waals surface area (Å²) < 4.78 is 0. The number of carbonyl (C=O) groups excluding carboxylic acids is 2. The van der Waals surface area contributed by atoms with Gasteiger partial charge in [-0.15, -0.1) is 0 Å². The Morgan fingerprint density at radius 3 is 2.79 bits per heavy atom. The highest BCUT2D eigenvalue weighted by Gasteiger charge is 2.24. The van der Waals surface area contributed by atoms with Crippen molar-refractivity contribution in [3.8, 4) is 0 Å². The van der Waals surface area contributed by atoms with Crippen LogP contribution >= 0.6 is 0 Å². The number of carbonyl (C=O) groups is 3. The summed E-state index contributed by atoms with van der Waals surface area (Å²) in [6, 6.07) is 0. The summed E-state index contributed by atoms with van der Waals surface area (Å²) >= 11 is 0. The first-order valence-electron chi connectivity index (χ1n) is 4.36. The maximum Gasteiger partial charge on any atom is 0.322 e. The number of hydrogen-bond donors (Lipinski definition) is 3. The van der Waals surface area contributed by atoms with Crippen molar-refractivity contribution in [1.82, 2.24) is 10.6 Å². The van der Waals surface area contributed by atoms with E-state index in [9.17, 15) is 14.4 Å². The molecule has 0 aromatic rings. The van der Waals surface area contributed by atoms with Crippen LogP contribution < -0.4 is 10.6 Å². The molecule has 0 spiro atoms. The number of hydrogen-bond acceptors (Lipinski definition) is 3. The van der Waals surface area contributed by atoms with Gasteiger partial charge >= 0.3 is 5.97 Å². The minimum atomic E-state index is -1.07. The molecule has 0 radical (unpaired) electrons. The fraction of sp³-hybridized carbons (Fsp3) is 0.625. The Morgan fingerprint density at radius 1 is 1.57 bits per heavy atom. The second-order valence-corrected chi connectivity index (χ2v) is 3.15. The third-order valence-corrected chi connectivity index (χ3v) is 2.05. The van der Waals surface area contributed by atoms with Crippen LogP contribution in [0.15, 0.2) is 0 Å². The van der Waals surface area contributed by atoms with Crippen molar-refractivity contribution in [1.29, 1.82) is 0 Å². The van der Waals surface area contributed by atoms with Gasteiger partial charge in [-0.1, -0.05) is 0 Å². The van der Waals surface area contributed by atoms with E-state index >= 15 is 0 Å². The summed E-state index contributed by atoms with van der Waals surface area (Å²) in [5, 5.41) is 13.1. The number of rotatable bonds is 3. The zero-order valence-corrected chi connectivity index (χ0v) is 7.58. The standard InChI is InChI=1S/C8H12N2O4/c11-6-2-1-5(3-9-6)8(14)10-4-7(12)13/h5H,1-4H2,(H,9,11)(H,10,14)(H,12,13). The van der Waals surface area contributed by atoms with E-state index < -0.39 is 5.97 Å². The molecule has 6 heteroatoms. The summed E-state index contributed by atoms with van der Waals surface area (Å²) in [4.78, 5) is 32.2. The number of carboxylic acids is 1. The van der Waals surface area contributed by atoms with Crippen LogP contribution in [0, 0.1) is 5.92 Å². The minimum absolute atomic E-state index is 0.0627. The Hall–Kier alpha value is -1.59. The summed E-state index contributed by atoms with van der Waals surface area (Å²) in [6.07, 6.45) is 0.808. The summed E-state index contributed by atoms with van der Waals surface area (Å²) in [7, 11) is 0. The van der Waals surface area contributed by atoms with Gasteiger partial charge in [0.2, 0.25) is 11.8 Å². The lowest BCUT2D eigenvalue weighted by atomic mass is 9.98. The molecular formula is C8H12N2O4. The van der Waals surface area contributed by atoms with E-state index in [-0.39, 0.29) is 24.3 Å². The summed E-state index contributed by atoms with van der Waals surface area (Å²) in [5.41, 5.74) is 0. The molecule has 6 nitrogen and oxygen atoms in total. The van der Waals surface area contributed by atoms with Crippen molar-refractivity contribution < 1.29 is 19.5 Å². The van der Waals surface area contributed by atoms with Crippen LogP contribution in [-0.4, -0.2) is 36.0 Å². The predicted octanol–water partition coefficient (Wildman–Crippen LogP) is -1.29. The van der Waals surface area contributed by atoms with E-state index in [0.717, 1.165) is 0 Å². The molecule has 0 aromatic carbocycles. The third kappa shape index (κ3) is 3.04. The van der Waals surface area contributed by atoms with Crippen LogP contribution in [0.2, 0.25) is 0 Å². The lowest BCUT2D eigenvalue weighted by molar-refractivity contribution is -0.139. The molecule has 1 aliphatic heterocycles. The molecule has 78 valence electrons. The van der Waals surface area contributed by atoms with Crippen molar-refractivity contribution in [2.45, 2.75) is 12.8 Å². The molecule has 1 atom stereocenters. The van der Waals surface area contributed by atoms with Gasteiger partial charge in [-0.05, 0) is 6.42 Å². The average molecular weight is 200 g/mol. The zero-order chi connectivity index (χ0) is 10.6. The highest BCUT2D eigenvalue weighted by molar-refractivity contribution is 5.85. The van der Waals surface area contributed by atoms with Gasteiger partial charge in [-0.3, -0.25) is 14.4 Å². The quantitative estimate of drug-likeness (QED) is 0.528. The number of aliphatic carboxylic acids is 1. The normalized spacial score (nSPS) is 21.1. The molecule has 14 heavy (non-hydrogen) atoms. The molecule has 1 aliphatic rings. The second-order valence-electron chi connectivity index (χ2n) is 3.15. The van der Waals surface area contributed by atoms with Crippen LogP contribution in [0.4, 0.5) is 0 Å². The number of piperidine rings is 1. The molecular weight excluding hydrogens is 188 g/mol. The molecule has 0 aliphatic carbocycles. The first kappa shape index (κ1) is 10.5. The van der Waals surface area contributed by atoms with Gasteiger partial charge in [0.15, 0.2) is 0 Å². The largest absolute Gasteiger partial charge is 0.480 e. The van der Waals surface area contributed by atoms with Gasteiger partial charge < -0.3 is 15.7 Å². The molecule has 2 amide bonds. The van der Waals surface area contributed by atoms with Gasteiger partial charge in [0, 0.05) is 13.0 Å². The van der Waals surface area contributed by atoms with Gasteiger partial charge in [-0.2, -0.15) is 0 Å². The lowest BCUT2D eigenvalue weighted by Crippen LogP contribution is -2.44. The monoisotopic (exact) mass is 200 g/mol. The summed E-state index contributed by atoms with van der Waals surface area (Å²) in [5.74, 6) is -1.75. The fourth-order valence-corrected chi connectivity index (χ4v) is 1.26. The van der Waals surface area contributed by atoms with Crippen LogP contribution in [0.3, 0.4) is 0 Å². The van der Waals surface area contributed by atoms with Crippen LogP contribution in [0.5, 0.6) is 0 Å². The van der Waals surface area contributed by atoms with Crippen molar-refractivity contribution in [3.05, 3.63) is 0 Å². The first-order valence-corrected chi connectivity index (χ1v) is 4.36. The van der Waals surface area contributed by atoms with Crippen LogP contribution in [0.1, 0.15) is 12.8 Å². The topological polar surface area (TPSA) is 95.5 Å². The Kier molecular flexibility index (Phi) is 3.44. The first-order chi connectivity index (χ1) is 6.59. The molecule has 1 saturated heterocycles. The Balaban J connectivity index is 2.30. The number of carboxylic acid groups (broad SMARTS) is 1. The Labute approximate surface area is 80.7 Å². The summed E-state index contributed by atoms with van der Waals surface area (Å²) in [6.45, 7) is -0.0758. The van der Waals surface area contributed by atoms with E-state index in [4.69, 9.17) is 5.11 Å². The lowest BCUT2D eigenvalue weighted by Gasteiger charge is -2.20. The van der Waals surface area contributed by atoms with Crippen molar-refractivity contribution >= 4 is 17.8 Å². The number of amides is 2. The zero-order valence-electron chi connectivity index (χ0n) is 7.58. The van der Waals surface area contributed by atoms with Crippen LogP contribution in [0.25, 0.3) is 0 Å². The van der Waals surface area contributed by atoms with Crippen molar-refractivity contribution in [3.63, 3.8) is 0 Å². The minimum Gasteiger partial charge on any atom is -0.480 e. The fourth-order valence-electron chi connectivity index (χ4n) is 1.26. The van der Waals surface area contributed by atoms with Crippen molar-refractivity contribution in [2.75, 3.05) is 13.1 Å². The van der Waals surface area contributed by atoms with Gasteiger partial charge in [0.1, 0.15) is 6.54 Å². The van der Waals surface area contributed by atoms with Gasteiger partial charge in [-0.25, -0.2) is 0 Å². The van der Waals surface area contributed by atoms with E-state index in [1.807, 2.05) is 0 Å². The molecule has 1 rings (SSSR count). The molecule has 0 saturated carbocycles. The Bertz CT molecular complexity index is 254. The molecule has 1 fully saturated rings. The Morgan fingerprint density at radius 2 is 2.29 bits per heavy atom. The average Bonchev–Trinajstić information content (AvgIpc) is 2.15. The van der Waals surface area contributed by atoms with Gasteiger partial charge in [0.05, 0.1) is 5.92 Å². The molecule has 0 bridgehead atoms. The molecule has 1 heterocycles. The van der Waals surface area contributed by atoms with E-state index in [1.165, 1.54) is 0 Å². The predicted molar refractivity (Wildman–Crippen MR) is 46.4 cm³/mol. The van der Waals surface area contributed by atoms with Crippen molar-refractivity contribution in [2.24, 2.45) is 5.92 Å². The third-order valence-electron chi connectivity index (χ3n) is 2.05. The SMILES string of the molecule is O=C(O)CNC(=O)C1CCC(=O)NC1. The maximum absolute atomic E-state index is 11.3. The van der Waals surface area contributed by atoms with Crippen LogP contribution in [-0.2, 0) is 14.4 Å². The van der Waals surface area contributed by atoms with E-state index in [2.05, 4.69) is 10.6 Å². The smallest absolute Gasteiger partial charge is 0.322 e. The van der Waals surface area contributed by atoms with E-state index in [1.54, 1.807) is 0 Å². The number of nitrogens with one attached hydrogen (secondary N) is 2. The molecule has 1 unspecified atom stereocenters. The highest BCUT2D eigenvalue weighted by atomic mass is 16.4. The van der Waals surface area contributed by atoms with Gasteiger partial charge in [0.25, 0.3) is 0 Å². The highest BCUT2D eigenvalue weighted by Crippen LogP contribution is 2.10. The molecule has 3 N–H and O–H groups in total. The second kappa shape index (κ2) is 4.59.